The summed E-state index contributed by atoms with van der Waals surface area (Å²) in [6, 6.07) is 5.38. The number of aryl methyl sites for hydroxylation is 1. The second-order valence-corrected chi connectivity index (χ2v) is 6.81. The molecule has 0 fully saturated rings. The van der Waals surface area contributed by atoms with E-state index in [9.17, 15) is 15.0 Å². The van der Waals surface area contributed by atoms with Crippen molar-refractivity contribution >= 4 is 22.0 Å². The van der Waals surface area contributed by atoms with Gasteiger partial charge in [-0.3, -0.25) is 0 Å². The van der Waals surface area contributed by atoms with Gasteiger partial charge in [-0.2, -0.15) is 0 Å². The van der Waals surface area contributed by atoms with E-state index in [2.05, 4.69) is 21.2 Å². The molecule has 1 amide bonds. The van der Waals surface area contributed by atoms with Crippen molar-refractivity contribution in [1.29, 1.82) is 0 Å². The van der Waals surface area contributed by atoms with Crippen LogP contribution in [0.15, 0.2) is 22.7 Å². The Bertz CT molecular complexity index is 499. The van der Waals surface area contributed by atoms with E-state index < -0.39 is 23.9 Å². The Balaban J connectivity index is 2.59. The molecule has 21 heavy (non-hydrogen) atoms. The fourth-order valence-corrected chi connectivity index (χ4v) is 2.27. The smallest absolute Gasteiger partial charge is 0.407 e. The predicted molar refractivity (Wildman–Crippen MR) is 84.1 cm³/mol. The van der Waals surface area contributed by atoms with Gasteiger partial charge in [-0.25, -0.2) is 4.79 Å². The van der Waals surface area contributed by atoms with Crippen LogP contribution in [-0.4, -0.2) is 34.6 Å². The average Bonchev–Trinajstić information content (AvgIpc) is 2.33. The molecule has 2 unspecified atom stereocenters. The van der Waals surface area contributed by atoms with Crippen molar-refractivity contribution in [1.82, 2.24) is 5.32 Å². The summed E-state index contributed by atoms with van der Waals surface area (Å²) in [5.41, 5.74) is 0.875. The first-order valence-corrected chi connectivity index (χ1v) is 7.48. The van der Waals surface area contributed by atoms with Crippen LogP contribution in [0.4, 0.5) is 4.79 Å². The second-order valence-electron chi connectivity index (χ2n) is 5.90. The number of alkyl carbamates (subject to hydrolysis) is 1. The minimum atomic E-state index is -1.11. The number of amides is 1. The van der Waals surface area contributed by atoms with Gasteiger partial charge in [-0.15, -0.1) is 0 Å². The molecule has 0 aromatic heterocycles. The molecule has 1 aromatic rings. The number of nitrogens with one attached hydrogen (secondary N) is 1. The van der Waals surface area contributed by atoms with Crippen LogP contribution in [0.2, 0.25) is 0 Å². The molecule has 0 bridgehead atoms. The fraction of sp³-hybridized carbons (Fsp3) is 0.533. The maximum atomic E-state index is 11.5. The van der Waals surface area contributed by atoms with Crippen molar-refractivity contribution in [2.45, 2.75) is 45.5 Å². The first-order valence-electron chi connectivity index (χ1n) is 6.69. The molecule has 1 aromatic carbocycles. The molecule has 6 heteroatoms. The summed E-state index contributed by atoms with van der Waals surface area (Å²) in [4.78, 5) is 11.5. The van der Waals surface area contributed by atoms with Gasteiger partial charge in [0.25, 0.3) is 0 Å². The van der Waals surface area contributed by atoms with Crippen LogP contribution in [0.1, 0.15) is 38.0 Å². The summed E-state index contributed by atoms with van der Waals surface area (Å²) >= 11 is 3.34. The van der Waals surface area contributed by atoms with E-state index >= 15 is 0 Å². The van der Waals surface area contributed by atoms with Gasteiger partial charge in [0.2, 0.25) is 0 Å². The Morgan fingerprint density at radius 3 is 2.52 bits per heavy atom. The van der Waals surface area contributed by atoms with Crippen molar-refractivity contribution in [3.63, 3.8) is 0 Å². The van der Waals surface area contributed by atoms with E-state index in [1.807, 2.05) is 13.0 Å². The Hall–Kier alpha value is -1.11. The molecule has 0 radical (unpaired) electrons. The predicted octanol–water partition coefficient (Wildman–Crippen LogP) is 2.68. The van der Waals surface area contributed by atoms with E-state index in [1.54, 1.807) is 32.9 Å². The Morgan fingerprint density at radius 1 is 1.38 bits per heavy atom. The van der Waals surface area contributed by atoms with Gasteiger partial charge in [0.1, 0.15) is 17.8 Å². The number of rotatable bonds is 4. The molecule has 0 heterocycles. The third-order valence-electron chi connectivity index (χ3n) is 2.77. The lowest BCUT2D eigenvalue weighted by molar-refractivity contribution is 0.0126. The molecule has 0 spiro atoms. The summed E-state index contributed by atoms with van der Waals surface area (Å²) in [5.74, 6) is 0. The van der Waals surface area contributed by atoms with Gasteiger partial charge in [-0.1, -0.05) is 22.0 Å². The van der Waals surface area contributed by atoms with E-state index in [4.69, 9.17) is 4.74 Å². The number of hydrogen-bond donors (Lipinski definition) is 3. The molecule has 0 aliphatic rings. The number of aliphatic hydroxyl groups is 2. The normalized spacial score (nSPS) is 14.4. The molecular weight excluding hydrogens is 338 g/mol. The first-order chi connectivity index (χ1) is 9.60. The van der Waals surface area contributed by atoms with E-state index in [1.165, 1.54) is 0 Å². The van der Waals surface area contributed by atoms with Crippen LogP contribution in [0.5, 0.6) is 0 Å². The number of aliphatic hydroxyl groups excluding tert-OH is 2. The molecule has 0 saturated carbocycles. The van der Waals surface area contributed by atoms with Gasteiger partial charge in [0, 0.05) is 11.0 Å². The minimum absolute atomic E-state index is 0.0917. The van der Waals surface area contributed by atoms with E-state index in [0.29, 0.717) is 5.56 Å². The van der Waals surface area contributed by atoms with Gasteiger partial charge < -0.3 is 20.3 Å². The van der Waals surface area contributed by atoms with Gasteiger partial charge in [-0.05, 0) is 51.0 Å². The highest BCUT2D eigenvalue weighted by Gasteiger charge is 2.22. The molecule has 2 atom stereocenters. The standard InChI is InChI=1S/C15H22BrNO4/c1-9-7-10(16)5-6-11(9)13(19)12(18)8-17-14(20)21-15(2,3)4/h5-7,12-13,18-19H,8H2,1-4H3,(H,17,20). The highest BCUT2D eigenvalue weighted by Crippen LogP contribution is 2.23. The molecule has 0 aliphatic heterocycles. The number of hydrogen-bond acceptors (Lipinski definition) is 4. The summed E-state index contributed by atoms with van der Waals surface area (Å²) < 4.78 is 5.96. The lowest BCUT2D eigenvalue weighted by Gasteiger charge is -2.23. The Morgan fingerprint density at radius 2 is 2.00 bits per heavy atom. The molecule has 0 aliphatic carbocycles. The van der Waals surface area contributed by atoms with Crippen molar-refractivity contribution in [2.75, 3.05) is 6.54 Å². The van der Waals surface area contributed by atoms with Crippen LogP contribution >= 0.6 is 15.9 Å². The summed E-state index contributed by atoms with van der Waals surface area (Å²) in [7, 11) is 0. The zero-order valence-electron chi connectivity index (χ0n) is 12.7. The van der Waals surface area contributed by atoms with Crippen LogP contribution < -0.4 is 5.32 Å². The number of halogens is 1. The monoisotopic (exact) mass is 359 g/mol. The largest absolute Gasteiger partial charge is 0.444 e. The quantitative estimate of drug-likeness (QED) is 0.772. The third-order valence-corrected chi connectivity index (χ3v) is 3.26. The maximum absolute atomic E-state index is 11.5. The number of benzene rings is 1. The molecule has 0 saturated heterocycles. The molecule has 3 N–H and O–H groups in total. The number of ether oxygens (including phenoxy) is 1. The van der Waals surface area contributed by atoms with Crippen molar-refractivity contribution in [2.24, 2.45) is 0 Å². The van der Waals surface area contributed by atoms with E-state index in [-0.39, 0.29) is 6.54 Å². The molecule has 5 nitrogen and oxygen atoms in total. The fourth-order valence-electron chi connectivity index (χ4n) is 1.79. The topological polar surface area (TPSA) is 78.8 Å². The second kappa shape index (κ2) is 7.24. The van der Waals surface area contributed by atoms with Gasteiger partial charge >= 0.3 is 6.09 Å². The van der Waals surface area contributed by atoms with Crippen molar-refractivity contribution < 1.29 is 19.7 Å². The number of carbonyl (C=O) groups is 1. The minimum Gasteiger partial charge on any atom is -0.444 e. The summed E-state index contributed by atoms with van der Waals surface area (Å²) in [5, 5.41) is 22.6. The average molecular weight is 360 g/mol. The Labute approximate surface area is 133 Å². The highest BCUT2D eigenvalue weighted by molar-refractivity contribution is 9.10. The highest BCUT2D eigenvalue weighted by atomic mass is 79.9. The summed E-state index contributed by atoms with van der Waals surface area (Å²) in [6.07, 6.45) is -2.81. The third kappa shape index (κ3) is 6.03. The van der Waals surface area contributed by atoms with Crippen LogP contribution in [0, 0.1) is 6.92 Å². The van der Waals surface area contributed by atoms with Crippen molar-refractivity contribution in [3.8, 4) is 0 Å². The number of carbonyl (C=O) groups excluding carboxylic acids is 1. The van der Waals surface area contributed by atoms with Crippen LogP contribution in [0.25, 0.3) is 0 Å². The SMILES string of the molecule is Cc1cc(Br)ccc1C(O)C(O)CNC(=O)OC(C)(C)C. The lowest BCUT2D eigenvalue weighted by Crippen LogP contribution is -2.39. The van der Waals surface area contributed by atoms with Gasteiger partial charge in [0.05, 0.1) is 0 Å². The Kier molecular flexibility index (Phi) is 6.19. The molecular formula is C15H22BrNO4. The molecule has 118 valence electrons. The van der Waals surface area contributed by atoms with Crippen LogP contribution in [0.3, 0.4) is 0 Å². The lowest BCUT2D eigenvalue weighted by atomic mass is 9.99. The maximum Gasteiger partial charge on any atom is 0.407 e. The van der Waals surface area contributed by atoms with Gasteiger partial charge in [0.15, 0.2) is 0 Å². The first kappa shape index (κ1) is 17.9. The van der Waals surface area contributed by atoms with E-state index in [0.717, 1.165) is 10.0 Å². The summed E-state index contributed by atoms with van der Waals surface area (Å²) in [6.45, 7) is 7.01. The van der Waals surface area contributed by atoms with Crippen LogP contribution in [-0.2, 0) is 4.74 Å². The zero-order chi connectivity index (χ0) is 16.2. The zero-order valence-corrected chi connectivity index (χ0v) is 14.3. The van der Waals surface area contributed by atoms with Crippen molar-refractivity contribution in [3.05, 3.63) is 33.8 Å². The molecule has 1 rings (SSSR count).